The first-order valence-electron chi connectivity index (χ1n) is 11.6. The number of amides is 3. The number of rotatable bonds is 10. The first kappa shape index (κ1) is 24.7. The van der Waals surface area contributed by atoms with Crippen LogP contribution in [-0.2, 0) is 4.79 Å². The number of hydrogen-bond donors (Lipinski definition) is 5. The third kappa shape index (κ3) is 6.60. The molecule has 3 heterocycles. The number of pyridine rings is 1. The molecule has 3 aromatic rings. The Morgan fingerprint density at radius 3 is 2.69 bits per heavy atom. The van der Waals surface area contributed by atoms with Crippen molar-refractivity contribution in [2.75, 3.05) is 31.5 Å². The number of H-pyrrole nitrogens is 1. The highest BCUT2D eigenvalue weighted by Gasteiger charge is 2.27. The lowest BCUT2D eigenvalue weighted by atomic mass is 10.1. The van der Waals surface area contributed by atoms with Gasteiger partial charge in [-0.1, -0.05) is 0 Å². The number of nitrogens with zero attached hydrogens (tertiary/aromatic N) is 2. The topological polar surface area (TPSA) is 163 Å². The summed E-state index contributed by atoms with van der Waals surface area (Å²) in [6.07, 6.45) is 4.66. The van der Waals surface area contributed by atoms with Crippen molar-refractivity contribution in [3.63, 3.8) is 0 Å². The molecule has 0 spiro atoms. The molecule has 4 rings (SSSR count). The number of aromatic nitrogens is 2. The number of anilines is 1. The first-order chi connectivity index (χ1) is 17.4. The Morgan fingerprint density at radius 1 is 1.17 bits per heavy atom. The van der Waals surface area contributed by atoms with Crippen LogP contribution in [0.25, 0.3) is 11.4 Å². The number of carboxylic acid groups (broad SMARTS) is 1. The Kier molecular flexibility index (Phi) is 7.81. The summed E-state index contributed by atoms with van der Waals surface area (Å²) in [6.45, 7) is 2.60. The first-order valence-corrected chi connectivity index (χ1v) is 11.6. The zero-order valence-corrected chi connectivity index (χ0v) is 19.6. The highest BCUT2D eigenvalue weighted by molar-refractivity contribution is 5.95. The summed E-state index contributed by atoms with van der Waals surface area (Å²) in [6, 6.07) is 11.3. The SMILES string of the molecule is NC(=O)Nc1ccc(Oc2ccnc(-c3cc(C(=O)NCCCN4CCC(C(=O)O)C4)c[nH]3)c2)cc1. The molecule has 11 heteroatoms. The number of primary amides is 1. The number of carbonyl (C=O) groups is 3. The Morgan fingerprint density at radius 2 is 1.97 bits per heavy atom. The van der Waals surface area contributed by atoms with Crippen LogP contribution >= 0.6 is 0 Å². The minimum absolute atomic E-state index is 0.195. The molecule has 1 saturated heterocycles. The van der Waals surface area contributed by atoms with Crippen molar-refractivity contribution in [3.05, 3.63) is 60.4 Å². The molecule has 2 aromatic heterocycles. The number of ether oxygens (including phenoxy) is 1. The summed E-state index contributed by atoms with van der Waals surface area (Å²) in [5.41, 5.74) is 7.44. The Hall–Kier alpha value is -4.38. The van der Waals surface area contributed by atoms with Crippen LogP contribution in [0.15, 0.2) is 54.9 Å². The second-order valence-electron chi connectivity index (χ2n) is 8.53. The molecule has 6 N–H and O–H groups in total. The quantitative estimate of drug-likeness (QED) is 0.272. The predicted molar refractivity (Wildman–Crippen MR) is 133 cm³/mol. The van der Waals surface area contributed by atoms with Gasteiger partial charge in [-0.2, -0.15) is 0 Å². The molecule has 3 amide bonds. The van der Waals surface area contributed by atoms with Crippen LogP contribution in [0.1, 0.15) is 23.2 Å². The third-order valence-electron chi connectivity index (χ3n) is 5.87. The van der Waals surface area contributed by atoms with Crippen molar-refractivity contribution in [2.45, 2.75) is 12.8 Å². The van der Waals surface area contributed by atoms with E-state index in [0.717, 1.165) is 19.5 Å². The maximum atomic E-state index is 12.5. The minimum Gasteiger partial charge on any atom is -0.481 e. The van der Waals surface area contributed by atoms with Gasteiger partial charge in [-0.05, 0) is 62.3 Å². The second kappa shape index (κ2) is 11.4. The van der Waals surface area contributed by atoms with Crippen LogP contribution in [0, 0.1) is 5.92 Å². The molecule has 1 aromatic carbocycles. The van der Waals surface area contributed by atoms with Gasteiger partial charge in [0, 0.05) is 37.2 Å². The van der Waals surface area contributed by atoms with Crippen molar-refractivity contribution in [3.8, 4) is 22.9 Å². The summed E-state index contributed by atoms with van der Waals surface area (Å²) in [4.78, 5) is 44.1. The second-order valence-corrected chi connectivity index (χ2v) is 8.53. The van der Waals surface area contributed by atoms with E-state index in [0.29, 0.717) is 53.6 Å². The van der Waals surface area contributed by atoms with Crippen LogP contribution < -0.4 is 21.1 Å². The highest BCUT2D eigenvalue weighted by atomic mass is 16.5. The maximum absolute atomic E-state index is 12.5. The predicted octanol–water partition coefficient (Wildman–Crippen LogP) is 2.89. The molecule has 0 bridgehead atoms. The Bertz CT molecular complexity index is 1230. The Labute approximate surface area is 207 Å². The molecule has 188 valence electrons. The van der Waals surface area contributed by atoms with E-state index in [-0.39, 0.29) is 11.8 Å². The lowest BCUT2D eigenvalue weighted by molar-refractivity contribution is -0.141. The lowest BCUT2D eigenvalue weighted by Gasteiger charge is -2.14. The van der Waals surface area contributed by atoms with Crippen molar-refractivity contribution < 1.29 is 24.2 Å². The van der Waals surface area contributed by atoms with E-state index in [1.807, 2.05) is 0 Å². The van der Waals surface area contributed by atoms with E-state index >= 15 is 0 Å². The molecule has 0 saturated carbocycles. The molecule has 0 radical (unpaired) electrons. The van der Waals surface area contributed by atoms with Crippen molar-refractivity contribution in [2.24, 2.45) is 11.7 Å². The number of nitrogens with two attached hydrogens (primary N) is 1. The fourth-order valence-corrected chi connectivity index (χ4v) is 4.02. The standard InChI is InChI=1S/C25H28N6O5/c26-25(35)30-18-2-4-19(5-3-18)36-20-6-9-27-22(13-20)21-12-17(14-29-21)23(32)28-8-1-10-31-11-7-16(15-31)24(33)34/h2-6,9,12-14,16,29H,1,7-8,10-11,15H2,(H,28,32)(H,33,34)(H3,26,30,35). The van der Waals surface area contributed by atoms with Crippen LogP contribution in [0.3, 0.4) is 0 Å². The normalized spacial score (nSPS) is 15.4. The van der Waals surface area contributed by atoms with Gasteiger partial charge in [-0.3, -0.25) is 14.6 Å². The number of carboxylic acids is 1. The zero-order valence-electron chi connectivity index (χ0n) is 19.6. The van der Waals surface area contributed by atoms with Crippen LogP contribution in [0.2, 0.25) is 0 Å². The molecule has 1 fully saturated rings. The van der Waals surface area contributed by atoms with E-state index in [9.17, 15) is 14.4 Å². The van der Waals surface area contributed by atoms with Gasteiger partial charge in [0.2, 0.25) is 0 Å². The number of benzene rings is 1. The van der Waals surface area contributed by atoms with Crippen molar-refractivity contribution >= 4 is 23.6 Å². The van der Waals surface area contributed by atoms with Gasteiger partial charge in [0.25, 0.3) is 5.91 Å². The fraction of sp³-hybridized carbons (Fsp3) is 0.280. The number of carbonyl (C=O) groups excluding carboxylic acids is 2. The fourth-order valence-electron chi connectivity index (χ4n) is 4.02. The van der Waals surface area contributed by atoms with E-state index in [2.05, 4.69) is 25.5 Å². The molecule has 1 unspecified atom stereocenters. The molecule has 1 aliphatic rings. The number of nitrogens with one attached hydrogen (secondary N) is 3. The molecule has 11 nitrogen and oxygen atoms in total. The maximum Gasteiger partial charge on any atom is 0.316 e. The molecule has 36 heavy (non-hydrogen) atoms. The summed E-state index contributed by atoms with van der Waals surface area (Å²) < 4.78 is 5.87. The van der Waals surface area contributed by atoms with E-state index in [1.165, 1.54) is 0 Å². The largest absolute Gasteiger partial charge is 0.481 e. The molecule has 1 aliphatic heterocycles. The van der Waals surface area contributed by atoms with E-state index < -0.39 is 12.0 Å². The smallest absolute Gasteiger partial charge is 0.316 e. The molecular weight excluding hydrogens is 464 g/mol. The number of aromatic amines is 1. The van der Waals surface area contributed by atoms with E-state index in [4.69, 9.17) is 15.6 Å². The lowest BCUT2D eigenvalue weighted by Crippen LogP contribution is -2.29. The van der Waals surface area contributed by atoms with Gasteiger partial charge in [-0.15, -0.1) is 0 Å². The molecule has 1 atom stereocenters. The molecule has 0 aliphatic carbocycles. The summed E-state index contributed by atoms with van der Waals surface area (Å²) >= 11 is 0. The van der Waals surface area contributed by atoms with Crippen LogP contribution in [-0.4, -0.2) is 64.1 Å². The zero-order chi connectivity index (χ0) is 25.5. The van der Waals surface area contributed by atoms with Gasteiger partial charge < -0.3 is 36.1 Å². The van der Waals surface area contributed by atoms with Crippen LogP contribution in [0.5, 0.6) is 11.5 Å². The third-order valence-corrected chi connectivity index (χ3v) is 5.87. The van der Waals surface area contributed by atoms with Gasteiger partial charge in [-0.25, -0.2) is 4.79 Å². The average Bonchev–Trinajstić information content (AvgIpc) is 3.53. The summed E-state index contributed by atoms with van der Waals surface area (Å²) in [5, 5.41) is 14.5. The Balaban J connectivity index is 1.28. The van der Waals surface area contributed by atoms with E-state index in [1.54, 1.807) is 54.9 Å². The van der Waals surface area contributed by atoms with Gasteiger partial charge >= 0.3 is 12.0 Å². The number of aliphatic carboxylic acids is 1. The van der Waals surface area contributed by atoms with Crippen molar-refractivity contribution in [1.82, 2.24) is 20.2 Å². The summed E-state index contributed by atoms with van der Waals surface area (Å²) in [5.74, 6) is -0.0979. The monoisotopic (exact) mass is 492 g/mol. The number of likely N-dealkylation sites (tertiary alicyclic amines) is 1. The number of urea groups is 1. The van der Waals surface area contributed by atoms with Gasteiger partial charge in [0.15, 0.2) is 0 Å². The van der Waals surface area contributed by atoms with Gasteiger partial charge in [0.1, 0.15) is 11.5 Å². The highest BCUT2D eigenvalue weighted by Crippen LogP contribution is 2.26. The van der Waals surface area contributed by atoms with Crippen molar-refractivity contribution in [1.29, 1.82) is 0 Å². The average molecular weight is 493 g/mol. The minimum atomic E-state index is -0.742. The summed E-state index contributed by atoms with van der Waals surface area (Å²) in [7, 11) is 0. The molecular formula is C25H28N6O5. The van der Waals surface area contributed by atoms with Crippen LogP contribution in [0.4, 0.5) is 10.5 Å². The van der Waals surface area contributed by atoms with Gasteiger partial charge in [0.05, 0.1) is 22.9 Å². The number of hydrogen-bond acceptors (Lipinski definition) is 6.